The minimum absolute atomic E-state index is 0.417. The summed E-state index contributed by atoms with van der Waals surface area (Å²) in [6.07, 6.45) is -2.44. The summed E-state index contributed by atoms with van der Waals surface area (Å²) in [6, 6.07) is 0.458. The maximum atomic E-state index is 12.0. The molecule has 1 rings (SSSR count). The van der Waals surface area contributed by atoms with E-state index in [0.717, 1.165) is 19.4 Å². The highest BCUT2D eigenvalue weighted by Crippen LogP contribution is 2.19. The van der Waals surface area contributed by atoms with Gasteiger partial charge in [-0.15, -0.1) is 0 Å². The fourth-order valence-corrected chi connectivity index (χ4v) is 2.13. The number of aliphatic hydroxyl groups excluding tert-OH is 1. The Labute approximate surface area is 100.0 Å². The minimum Gasteiger partial charge on any atom is -0.382 e. The number of rotatable bonds is 5. The third kappa shape index (κ3) is 5.23. The second kappa shape index (κ2) is 6.56. The number of hydrogen-bond donors (Lipinski definition) is 2. The molecule has 1 fully saturated rings. The Hall–Kier alpha value is -0.330. The molecule has 2 N–H and O–H groups in total. The first-order valence-electron chi connectivity index (χ1n) is 6.07. The van der Waals surface area contributed by atoms with E-state index in [9.17, 15) is 13.2 Å². The van der Waals surface area contributed by atoms with Crippen LogP contribution in [0.3, 0.4) is 0 Å². The zero-order valence-electron chi connectivity index (χ0n) is 10.1. The van der Waals surface area contributed by atoms with Crippen molar-refractivity contribution in [2.45, 2.75) is 44.0 Å². The van der Waals surface area contributed by atoms with E-state index in [1.165, 1.54) is 12.8 Å². The van der Waals surface area contributed by atoms with Gasteiger partial charge in [-0.2, -0.15) is 13.2 Å². The smallest absolute Gasteiger partial charge is 0.382 e. The molecule has 1 aliphatic heterocycles. The van der Waals surface area contributed by atoms with E-state index >= 15 is 0 Å². The first kappa shape index (κ1) is 14.7. The third-order valence-corrected chi connectivity index (χ3v) is 3.29. The maximum absolute atomic E-state index is 12.0. The van der Waals surface area contributed by atoms with Gasteiger partial charge in [0.05, 0.1) is 0 Å². The Bertz CT molecular complexity index is 223. The highest BCUT2D eigenvalue weighted by molar-refractivity contribution is 4.75. The number of nitrogens with one attached hydrogen (secondary N) is 1. The van der Waals surface area contributed by atoms with Crippen LogP contribution in [0.2, 0.25) is 0 Å². The van der Waals surface area contributed by atoms with Crippen LogP contribution in [0.25, 0.3) is 0 Å². The van der Waals surface area contributed by atoms with Crippen molar-refractivity contribution in [3.8, 4) is 0 Å². The van der Waals surface area contributed by atoms with Crippen molar-refractivity contribution in [1.29, 1.82) is 0 Å². The Morgan fingerprint density at radius 2 is 2.12 bits per heavy atom. The van der Waals surface area contributed by atoms with E-state index in [1.807, 2.05) is 7.05 Å². The van der Waals surface area contributed by atoms with E-state index in [-0.39, 0.29) is 0 Å². The summed E-state index contributed by atoms with van der Waals surface area (Å²) in [5.41, 5.74) is 0. The molecule has 3 nitrogen and oxygen atoms in total. The largest absolute Gasteiger partial charge is 0.415 e. The Morgan fingerprint density at radius 1 is 1.41 bits per heavy atom. The van der Waals surface area contributed by atoms with Gasteiger partial charge in [0.2, 0.25) is 0 Å². The van der Waals surface area contributed by atoms with Crippen molar-refractivity contribution in [2.75, 3.05) is 26.7 Å². The van der Waals surface area contributed by atoms with Gasteiger partial charge in [0, 0.05) is 12.6 Å². The van der Waals surface area contributed by atoms with Crippen molar-refractivity contribution in [2.24, 2.45) is 0 Å². The zero-order valence-corrected chi connectivity index (χ0v) is 10.1. The normalized spacial score (nSPS) is 24.9. The van der Waals surface area contributed by atoms with Crippen molar-refractivity contribution in [3.63, 3.8) is 0 Å². The number of hydrogen-bond acceptors (Lipinski definition) is 3. The molecule has 0 spiro atoms. The predicted molar refractivity (Wildman–Crippen MR) is 59.8 cm³/mol. The molecule has 102 valence electrons. The van der Waals surface area contributed by atoms with Crippen LogP contribution in [0.4, 0.5) is 13.2 Å². The van der Waals surface area contributed by atoms with Crippen LogP contribution in [0.5, 0.6) is 0 Å². The number of aliphatic hydroxyl groups is 1. The highest BCUT2D eigenvalue weighted by Gasteiger charge is 2.37. The molecular formula is C11H21F3N2O. The molecule has 1 aliphatic rings. The molecule has 2 unspecified atom stereocenters. The van der Waals surface area contributed by atoms with E-state index in [4.69, 9.17) is 5.11 Å². The lowest BCUT2D eigenvalue weighted by molar-refractivity contribution is -0.201. The molecule has 6 heteroatoms. The summed E-state index contributed by atoms with van der Waals surface area (Å²) in [7, 11) is 2.05. The van der Waals surface area contributed by atoms with Crippen LogP contribution < -0.4 is 5.32 Å². The topological polar surface area (TPSA) is 35.5 Å². The fourth-order valence-electron chi connectivity index (χ4n) is 2.13. The van der Waals surface area contributed by atoms with Gasteiger partial charge in [-0.3, -0.25) is 0 Å². The summed E-state index contributed by atoms with van der Waals surface area (Å²) in [5, 5.41) is 11.4. The number of nitrogens with zero attached hydrogens (tertiary/aromatic N) is 1. The monoisotopic (exact) mass is 254 g/mol. The second-order valence-corrected chi connectivity index (χ2v) is 4.68. The Balaban J connectivity index is 2.11. The van der Waals surface area contributed by atoms with Crippen molar-refractivity contribution >= 4 is 0 Å². The van der Waals surface area contributed by atoms with Crippen molar-refractivity contribution < 1.29 is 18.3 Å². The van der Waals surface area contributed by atoms with Crippen LogP contribution in [-0.4, -0.2) is 55.0 Å². The molecule has 0 aliphatic carbocycles. The van der Waals surface area contributed by atoms with Gasteiger partial charge in [-0.05, 0) is 39.4 Å². The molecular weight excluding hydrogens is 233 g/mol. The third-order valence-electron chi connectivity index (χ3n) is 3.29. The summed E-state index contributed by atoms with van der Waals surface area (Å²) in [6.45, 7) is 1.16. The molecule has 1 saturated heterocycles. The molecule has 17 heavy (non-hydrogen) atoms. The second-order valence-electron chi connectivity index (χ2n) is 4.68. The average Bonchev–Trinajstić information content (AvgIpc) is 2.25. The maximum Gasteiger partial charge on any atom is 0.415 e. The standard InChI is InChI=1S/C11H21F3N2O/c1-16-7-3-2-4-9(16)5-6-15-8-10(17)11(12,13)14/h9-10,15,17H,2-8H2,1H3. The Morgan fingerprint density at radius 3 is 2.71 bits per heavy atom. The summed E-state index contributed by atoms with van der Waals surface area (Å²) < 4.78 is 36.0. The SMILES string of the molecule is CN1CCCCC1CCNCC(O)C(F)(F)F. The molecule has 0 amide bonds. The highest BCUT2D eigenvalue weighted by atomic mass is 19.4. The van der Waals surface area contributed by atoms with E-state index in [2.05, 4.69) is 10.2 Å². The van der Waals surface area contributed by atoms with Gasteiger partial charge < -0.3 is 15.3 Å². The van der Waals surface area contributed by atoms with E-state index < -0.39 is 18.8 Å². The average molecular weight is 254 g/mol. The van der Waals surface area contributed by atoms with Gasteiger partial charge in [-0.25, -0.2) is 0 Å². The fraction of sp³-hybridized carbons (Fsp3) is 1.00. The number of piperidine rings is 1. The lowest BCUT2D eigenvalue weighted by Crippen LogP contribution is -2.41. The number of likely N-dealkylation sites (tertiary alicyclic amines) is 1. The number of alkyl halides is 3. The van der Waals surface area contributed by atoms with Crippen LogP contribution in [-0.2, 0) is 0 Å². The van der Waals surface area contributed by atoms with Gasteiger partial charge in [-0.1, -0.05) is 6.42 Å². The number of halogens is 3. The molecule has 0 bridgehead atoms. The van der Waals surface area contributed by atoms with Crippen LogP contribution in [0, 0.1) is 0 Å². The van der Waals surface area contributed by atoms with Crippen molar-refractivity contribution in [1.82, 2.24) is 10.2 Å². The molecule has 0 aromatic heterocycles. The lowest BCUT2D eigenvalue weighted by atomic mass is 10.0. The van der Waals surface area contributed by atoms with Crippen LogP contribution >= 0.6 is 0 Å². The zero-order chi connectivity index (χ0) is 12.9. The van der Waals surface area contributed by atoms with E-state index in [1.54, 1.807) is 0 Å². The summed E-state index contributed by atoms with van der Waals surface area (Å²) in [5.74, 6) is 0. The molecule has 0 aromatic carbocycles. The molecule has 0 radical (unpaired) electrons. The van der Waals surface area contributed by atoms with Gasteiger partial charge in [0.15, 0.2) is 6.10 Å². The summed E-state index contributed by atoms with van der Waals surface area (Å²) >= 11 is 0. The molecule has 0 aromatic rings. The molecule has 0 saturated carbocycles. The van der Waals surface area contributed by atoms with Gasteiger partial charge in [0.25, 0.3) is 0 Å². The van der Waals surface area contributed by atoms with Gasteiger partial charge >= 0.3 is 6.18 Å². The first-order valence-corrected chi connectivity index (χ1v) is 6.07. The summed E-state index contributed by atoms with van der Waals surface area (Å²) in [4.78, 5) is 2.26. The molecule has 2 atom stereocenters. The quantitative estimate of drug-likeness (QED) is 0.727. The Kier molecular flexibility index (Phi) is 5.69. The van der Waals surface area contributed by atoms with Crippen LogP contribution in [0.1, 0.15) is 25.7 Å². The lowest BCUT2D eigenvalue weighted by Gasteiger charge is -2.32. The van der Waals surface area contributed by atoms with Crippen molar-refractivity contribution in [3.05, 3.63) is 0 Å². The minimum atomic E-state index is -4.52. The first-order chi connectivity index (χ1) is 7.91. The van der Waals surface area contributed by atoms with Gasteiger partial charge in [0.1, 0.15) is 0 Å². The van der Waals surface area contributed by atoms with Crippen LogP contribution in [0.15, 0.2) is 0 Å². The molecule has 1 heterocycles. The van der Waals surface area contributed by atoms with E-state index in [0.29, 0.717) is 12.6 Å². The predicted octanol–water partition coefficient (Wildman–Crippen LogP) is 1.37.